The number of aliphatic hydroxyl groups excluding tert-OH is 4. The highest BCUT2D eigenvalue weighted by Gasteiger charge is 2.32. The number of rotatable bonds is 10. The lowest BCUT2D eigenvalue weighted by Gasteiger charge is -2.24. The van der Waals surface area contributed by atoms with E-state index in [1.165, 1.54) is 0 Å². The van der Waals surface area contributed by atoms with Crippen molar-refractivity contribution in [1.82, 2.24) is 0 Å². The zero-order valence-electron chi connectivity index (χ0n) is 9.36. The molecule has 0 heterocycles. The standard InChI is InChI=1S/C8H15N3O7/c9-11-10-1-2-17-18-6(4-13)8(16)7(15)5(14)3-12/h4-8,12,14-16H,1-3H2/t5-,6-,7-,8-/m1/s1. The second-order valence-electron chi connectivity index (χ2n) is 3.20. The topological polar surface area (TPSA) is 165 Å². The van der Waals surface area contributed by atoms with Crippen LogP contribution < -0.4 is 0 Å². The van der Waals surface area contributed by atoms with Crippen LogP contribution in [-0.2, 0) is 14.6 Å². The van der Waals surface area contributed by atoms with Crippen molar-refractivity contribution < 1.29 is 35.0 Å². The van der Waals surface area contributed by atoms with Gasteiger partial charge in [0.25, 0.3) is 0 Å². The fourth-order valence-electron chi connectivity index (χ4n) is 0.940. The van der Waals surface area contributed by atoms with E-state index in [9.17, 15) is 15.0 Å². The summed E-state index contributed by atoms with van der Waals surface area (Å²) in [5.74, 6) is 0. The van der Waals surface area contributed by atoms with Gasteiger partial charge in [0, 0.05) is 4.91 Å². The third-order valence-corrected chi connectivity index (χ3v) is 1.92. The fourth-order valence-corrected chi connectivity index (χ4v) is 0.940. The van der Waals surface area contributed by atoms with Crippen LogP contribution in [-0.4, -0.2) is 70.9 Å². The van der Waals surface area contributed by atoms with E-state index in [4.69, 9.17) is 15.7 Å². The summed E-state index contributed by atoms with van der Waals surface area (Å²) in [4.78, 5) is 21.9. The van der Waals surface area contributed by atoms with Crippen LogP contribution in [0.4, 0.5) is 0 Å². The summed E-state index contributed by atoms with van der Waals surface area (Å²) in [6.07, 6.45) is -6.55. The zero-order valence-corrected chi connectivity index (χ0v) is 9.36. The van der Waals surface area contributed by atoms with Crippen molar-refractivity contribution in [1.29, 1.82) is 0 Å². The van der Waals surface area contributed by atoms with E-state index in [-0.39, 0.29) is 19.4 Å². The second-order valence-corrected chi connectivity index (χ2v) is 3.20. The maximum absolute atomic E-state index is 10.6. The molecule has 0 fully saturated rings. The molecule has 104 valence electrons. The molecule has 0 aromatic heterocycles. The molecule has 0 radical (unpaired) electrons. The molecule has 10 heteroatoms. The molecule has 0 spiro atoms. The highest BCUT2D eigenvalue weighted by molar-refractivity contribution is 5.57. The van der Waals surface area contributed by atoms with E-state index in [1.54, 1.807) is 0 Å². The van der Waals surface area contributed by atoms with Crippen LogP contribution in [0.25, 0.3) is 10.4 Å². The van der Waals surface area contributed by atoms with Crippen LogP contribution >= 0.6 is 0 Å². The Morgan fingerprint density at radius 3 is 2.50 bits per heavy atom. The molecule has 0 amide bonds. The van der Waals surface area contributed by atoms with Gasteiger partial charge < -0.3 is 25.2 Å². The van der Waals surface area contributed by atoms with Gasteiger partial charge in [0.05, 0.1) is 19.8 Å². The lowest BCUT2D eigenvalue weighted by molar-refractivity contribution is -0.330. The first-order valence-corrected chi connectivity index (χ1v) is 4.98. The molecular formula is C8H15N3O7. The average Bonchev–Trinajstić information content (AvgIpc) is 2.40. The molecule has 0 aliphatic heterocycles. The molecule has 0 saturated carbocycles. The van der Waals surface area contributed by atoms with Gasteiger partial charge in [-0.15, -0.1) is 0 Å². The Labute approximate surface area is 102 Å². The summed E-state index contributed by atoms with van der Waals surface area (Å²) in [6.45, 7) is -0.985. The highest BCUT2D eigenvalue weighted by Crippen LogP contribution is 2.07. The van der Waals surface area contributed by atoms with E-state index in [0.29, 0.717) is 0 Å². The van der Waals surface area contributed by atoms with Gasteiger partial charge in [-0.25, -0.2) is 9.78 Å². The van der Waals surface area contributed by atoms with Gasteiger partial charge in [-0.1, -0.05) is 5.11 Å². The second kappa shape index (κ2) is 9.74. The number of carbonyl (C=O) groups excluding carboxylic acids is 1. The largest absolute Gasteiger partial charge is 0.394 e. The Hall–Kier alpha value is -1.26. The van der Waals surface area contributed by atoms with Crippen molar-refractivity contribution in [2.75, 3.05) is 19.8 Å². The van der Waals surface area contributed by atoms with Crippen molar-refractivity contribution in [2.24, 2.45) is 5.11 Å². The van der Waals surface area contributed by atoms with E-state index in [2.05, 4.69) is 19.8 Å². The Morgan fingerprint density at radius 1 is 1.33 bits per heavy atom. The van der Waals surface area contributed by atoms with Crippen LogP contribution in [0.15, 0.2) is 5.11 Å². The Kier molecular flexibility index (Phi) is 9.06. The van der Waals surface area contributed by atoms with Crippen LogP contribution in [0, 0.1) is 0 Å². The summed E-state index contributed by atoms with van der Waals surface area (Å²) in [6, 6.07) is 0. The Balaban J connectivity index is 4.14. The average molecular weight is 265 g/mol. The molecule has 0 aliphatic rings. The lowest BCUT2D eigenvalue weighted by Crippen LogP contribution is -2.47. The maximum Gasteiger partial charge on any atom is 0.176 e. The molecule has 0 rings (SSSR count). The minimum atomic E-state index is -1.77. The number of aliphatic hydroxyl groups is 4. The smallest absolute Gasteiger partial charge is 0.176 e. The van der Waals surface area contributed by atoms with Gasteiger partial charge in [0.2, 0.25) is 0 Å². The third kappa shape index (κ3) is 5.89. The van der Waals surface area contributed by atoms with Crippen LogP contribution in [0.2, 0.25) is 0 Å². The molecule has 18 heavy (non-hydrogen) atoms. The van der Waals surface area contributed by atoms with E-state index >= 15 is 0 Å². The van der Waals surface area contributed by atoms with Gasteiger partial charge >= 0.3 is 0 Å². The number of azide groups is 1. The summed E-state index contributed by atoms with van der Waals surface area (Å²) >= 11 is 0. The van der Waals surface area contributed by atoms with Crippen LogP contribution in [0.3, 0.4) is 0 Å². The number of nitrogens with zero attached hydrogens (tertiary/aromatic N) is 3. The quantitative estimate of drug-likeness (QED) is 0.0666. The van der Waals surface area contributed by atoms with Crippen LogP contribution in [0.1, 0.15) is 0 Å². The van der Waals surface area contributed by atoms with Crippen molar-refractivity contribution in [3.63, 3.8) is 0 Å². The fraction of sp³-hybridized carbons (Fsp3) is 0.875. The van der Waals surface area contributed by atoms with Gasteiger partial charge in [-0.2, -0.15) is 0 Å². The normalized spacial score (nSPS) is 17.3. The Bertz CT molecular complexity index is 284. The van der Waals surface area contributed by atoms with Crippen molar-refractivity contribution >= 4 is 6.29 Å². The van der Waals surface area contributed by atoms with Gasteiger partial charge in [0.15, 0.2) is 12.4 Å². The number of hydrogen-bond donors (Lipinski definition) is 4. The summed E-state index contributed by atoms with van der Waals surface area (Å²) in [7, 11) is 0. The molecule has 0 unspecified atom stereocenters. The molecule has 0 aromatic carbocycles. The highest BCUT2D eigenvalue weighted by atomic mass is 17.2. The third-order valence-electron chi connectivity index (χ3n) is 1.92. The monoisotopic (exact) mass is 265 g/mol. The number of aldehydes is 1. The molecular weight excluding hydrogens is 250 g/mol. The minimum absolute atomic E-state index is 0.0417. The predicted molar refractivity (Wildman–Crippen MR) is 56.0 cm³/mol. The minimum Gasteiger partial charge on any atom is -0.394 e. The van der Waals surface area contributed by atoms with Gasteiger partial charge in [-0.05, 0) is 5.53 Å². The molecule has 0 aliphatic carbocycles. The number of carbonyl (C=O) groups is 1. The Morgan fingerprint density at radius 2 is 2.00 bits per heavy atom. The van der Waals surface area contributed by atoms with Crippen molar-refractivity contribution in [3.8, 4) is 0 Å². The summed E-state index contributed by atoms with van der Waals surface area (Å²) < 4.78 is 0. The van der Waals surface area contributed by atoms with E-state index < -0.39 is 31.0 Å². The molecule has 4 atom stereocenters. The maximum atomic E-state index is 10.6. The first-order chi connectivity index (χ1) is 8.58. The molecule has 10 nitrogen and oxygen atoms in total. The molecule has 0 bridgehead atoms. The first kappa shape index (κ1) is 16.7. The summed E-state index contributed by atoms with van der Waals surface area (Å²) in [5.41, 5.74) is 7.95. The summed E-state index contributed by atoms with van der Waals surface area (Å²) in [5, 5.41) is 39.5. The van der Waals surface area contributed by atoms with Gasteiger partial charge in [0.1, 0.15) is 18.3 Å². The van der Waals surface area contributed by atoms with E-state index in [0.717, 1.165) is 0 Å². The van der Waals surface area contributed by atoms with Crippen molar-refractivity contribution in [2.45, 2.75) is 24.4 Å². The van der Waals surface area contributed by atoms with E-state index in [1.807, 2.05) is 0 Å². The van der Waals surface area contributed by atoms with Gasteiger partial charge in [-0.3, -0.25) is 0 Å². The predicted octanol–water partition coefficient (Wildman–Crippen LogP) is -2.11. The number of hydrogen-bond acceptors (Lipinski definition) is 8. The van der Waals surface area contributed by atoms with Crippen molar-refractivity contribution in [3.05, 3.63) is 10.4 Å². The molecule has 4 N–H and O–H groups in total. The molecule has 0 saturated heterocycles. The SMILES string of the molecule is [N-]=[N+]=NCCOO[C@H](C=O)[C@@H](O)[C@H](O)[C@H](O)CO. The molecule has 0 aromatic rings. The first-order valence-electron chi connectivity index (χ1n) is 4.98. The zero-order chi connectivity index (χ0) is 14.0. The van der Waals surface area contributed by atoms with Crippen LogP contribution in [0.5, 0.6) is 0 Å². The lowest BCUT2D eigenvalue weighted by atomic mass is 10.0.